The van der Waals surface area contributed by atoms with E-state index in [0.29, 0.717) is 6.54 Å². The summed E-state index contributed by atoms with van der Waals surface area (Å²) in [6, 6.07) is 15.2. The highest BCUT2D eigenvalue weighted by Gasteiger charge is 2.14. The van der Waals surface area contributed by atoms with Gasteiger partial charge in [0, 0.05) is 18.7 Å². The lowest BCUT2D eigenvalue weighted by Gasteiger charge is -2.12. The fourth-order valence-corrected chi connectivity index (χ4v) is 2.37. The smallest absolute Gasteiger partial charge is 0.269 e. The molecule has 134 valence electrons. The monoisotopic (exact) mass is 363 g/mol. The normalized spacial score (nSPS) is 11.2. The Kier molecular flexibility index (Phi) is 8.60. The molecule has 7 heteroatoms. The molecular weight excluding hydrogens is 342 g/mol. The van der Waals surface area contributed by atoms with Crippen molar-refractivity contribution in [2.75, 3.05) is 6.54 Å². The molecule has 0 bridgehead atoms. The Morgan fingerprint density at radius 1 is 1.08 bits per heavy atom. The van der Waals surface area contributed by atoms with Crippen LogP contribution in [0.15, 0.2) is 54.6 Å². The van der Waals surface area contributed by atoms with Crippen molar-refractivity contribution in [2.24, 2.45) is 5.73 Å². The van der Waals surface area contributed by atoms with Crippen LogP contribution in [0.25, 0.3) is 0 Å². The van der Waals surface area contributed by atoms with Gasteiger partial charge in [-0.05, 0) is 30.4 Å². The summed E-state index contributed by atoms with van der Waals surface area (Å²) in [7, 11) is 0. The number of nitrogens with zero attached hydrogens (tertiary/aromatic N) is 1. The van der Waals surface area contributed by atoms with E-state index in [-0.39, 0.29) is 24.0 Å². The van der Waals surface area contributed by atoms with E-state index in [1.54, 1.807) is 12.1 Å². The first-order valence-corrected chi connectivity index (χ1v) is 7.89. The molecule has 0 spiro atoms. The largest absolute Gasteiger partial charge is 0.354 e. The third-order valence-electron chi connectivity index (χ3n) is 3.78. The van der Waals surface area contributed by atoms with Crippen molar-refractivity contribution < 1.29 is 9.72 Å². The molecule has 2 aromatic rings. The van der Waals surface area contributed by atoms with Crippen LogP contribution in [0.5, 0.6) is 0 Å². The first kappa shape index (κ1) is 20.6. The number of nitrogens with two attached hydrogens (primary N) is 1. The summed E-state index contributed by atoms with van der Waals surface area (Å²) >= 11 is 0. The maximum atomic E-state index is 12.0. The molecule has 1 atom stereocenters. The summed E-state index contributed by atoms with van der Waals surface area (Å²) in [6.07, 6.45) is 2.53. The van der Waals surface area contributed by atoms with Crippen molar-refractivity contribution >= 4 is 24.0 Å². The van der Waals surface area contributed by atoms with Gasteiger partial charge in [0.05, 0.1) is 4.92 Å². The second-order valence-corrected chi connectivity index (χ2v) is 5.56. The van der Waals surface area contributed by atoms with E-state index in [9.17, 15) is 14.9 Å². The quantitative estimate of drug-likeness (QED) is 0.427. The van der Waals surface area contributed by atoms with Gasteiger partial charge in [0.15, 0.2) is 0 Å². The molecule has 0 aliphatic carbocycles. The van der Waals surface area contributed by atoms with Gasteiger partial charge in [0.2, 0.25) is 5.91 Å². The average molecular weight is 364 g/mol. The van der Waals surface area contributed by atoms with Gasteiger partial charge in [-0.2, -0.15) is 0 Å². The Bertz CT molecular complexity index is 678. The van der Waals surface area contributed by atoms with E-state index < -0.39 is 11.0 Å². The van der Waals surface area contributed by atoms with Crippen molar-refractivity contribution in [3.63, 3.8) is 0 Å². The molecule has 0 saturated carbocycles. The third-order valence-corrected chi connectivity index (χ3v) is 3.78. The average Bonchev–Trinajstić information content (AvgIpc) is 2.61. The molecule has 1 amide bonds. The van der Waals surface area contributed by atoms with E-state index in [4.69, 9.17) is 5.73 Å². The summed E-state index contributed by atoms with van der Waals surface area (Å²) in [6.45, 7) is 0.562. The fraction of sp³-hybridized carbons (Fsp3) is 0.278. The van der Waals surface area contributed by atoms with Gasteiger partial charge in [0.25, 0.3) is 5.69 Å². The summed E-state index contributed by atoms with van der Waals surface area (Å²) in [5.41, 5.74) is 7.86. The number of unbranched alkanes of at least 4 members (excludes halogenated alkanes) is 1. The van der Waals surface area contributed by atoms with Gasteiger partial charge >= 0.3 is 0 Å². The van der Waals surface area contributed by atoms with Crippen LogP contribution < -0.4 is 11.1 Å². The topological polar surface area (TPSA) is 98.3 Å². The first-order chi connectivity index (χ1) is 11.6. The van der Waals surface area contributed by atoms with Gasteiger partial charge in [-0.1, -0.05) is 42.5 Å². The number of nitro benzene ring substituents is 1. The number of carbonyl (C=O) groups is 1. The zero-order valence-electron chi connectivity index (χ0n) is 13.8. The molecule has 6 nitrogen and oxygen atoms in total. The molecule has 1 unspecified atom stereocenters. The molecule has 0 radical (unpaired) electrons. The molecular formula is C18H22ClN3O3. The van der Waals surface area contributed by atoms with Crippen molar-refractivity contribution in [1.82, 2.24) is 5.32 Å². The van der Waals surface area contributed by atoms with E-state index >= 15 is 0 Å². The zero-order chi connectivity index (χ0) is 17.4. The van der Waals surface area contributed by atoms with Crippen molar-refractivity contribution in [1.29, 1.82) is 0 Å². The van der Waals surface area contributed by atoms with E-state index in [1.165, 1.54) is 12.1 Å². The minimum Gasteiger partial charge on any atom is -0.354 e. The van der Waals surface area contributed by atoms with E-state index in [0.717, 1.165) is 30.4 Å². The van der Waals surface area contributed by atoms with Crippen LogP contribution in [-0.4, -0.2) is 17.4 Å². The molecule has 0 aliphatic rings. The number of rotatable bonds is 8. The number of non-ortho nitro benzene ring substituents is 1. The van der Waals surface area contributed by atoms with Gasteiger partial charge in [0.1, 0.15) is 6.04 Å². The number of amides is 1. The van der Waals surface area contributed by atoms with Crippen LogP contribution in [0.3, 0.4) is 0 Å². The number of nitro groups is 1. The Morgan fingerprint density at radius 3 is 2.32 bits per heavy atom. The lowest BCUT2D eigenvalue weighted by atomic mass is 10.1. The Hall–Kier alpha value is -2.44. The second-order valence-electron chi connectivity index (χ2n) is 5.56. The number of benzene rings is 2. The molecule has 3 N–H and O–H groups in total. The van der Waals surface area contributed by atoms with Gasteiger partial charge in [-0.3, -0.25) is 14.9 Å². The molecule has 0 heterocycles. The minimum absolute atomic E-state index is 0. The molecule has 0 aromatic heterocycles. The first-order valence-electron chi connectivity index (χ1n) is 7.89. The van der Waals surface area contributed by atoms with Crippen LogP contribution >= 0.6 is 12.4 Å². The van der Waals surface area contributed by atoms with Gasteiger partial charge in [-0.15, -0.1) is 12.4 Å². The molecule has 2 rings (SSSR count). The van der Waals surface area contributed by atoms with Crippen LogP contribution in [0.1, 0.15) is 30.0 Å². The summed E-state index contributed by atoms with van der Waals surface area (Å²) in [4.78, 5) is 22.2. The van der Waals surface area contributed by atoms with Crippen LogP contribution in [0.4, 0.5) is 5.69 Å². The highest BCUT2D eigenvalue weighted by atomic mass is 35.5. The molecule has 0 aliphatic heterocycles. The van der Waals surface area contributed by atoms with E-state index in [2.05, 4.69) is 5.32 Å². The van der Waals surface area contributed by atoms with Crippen molar-refractivity contribution in [3.8, 4) is 0 Å². The molecule has 2 aromatic carbocycles. The maximum Gasteiger partial charge on any atom is 0.269 e. The highest BCUT2D eigenvalue weighted by Crippen LogP contribution is 2.13. The number of hydrogen-bond acceptors (Lipinski definition) is 4. The van der Waals surface area contributed by atoms with E-state index in [1.807, 2.05) is 30.3 Å². The number of nitrogens with one attached hydrogen (secondary N) is 1. The predicted molar refractivity (Wildman–Crippen MR) is 99.7 cm³/mol. The summed E-state index contributed by atoms with van der Waals surface area (Å²) in [5.74, 6) is -0.184. The Labute approximate surface area is 153 Å². The van der Waals surface area contributed by atoms with Gasteiger partial charge < -0.3 is 11.1 Å². The number of halogens is 1. The Balaban J connectivity index is 0.00000312. The third kappa shape index (κ3) is 6.52. The fourth-order valence-electron chi connectivity index (χ4n) is 2.37. The SMILES string of the molecule is Cl.NC(C(=O)NCCCCc1ccc([N+](=O)[O-])cc1)c1ccccc1. The Morgan fingerprint density at radius 2 is 1.72 bits per heavy atom. The second kappa shape index (κ2) is 10.4. The summed E-state index contributed by atoms with van der Waals surface area (Å²) in [5, 5.41) is 13.4. The van der Waals surface area contributed by atoms with Crippen LogP contribution in [-0.2, 0) is 11.2 Å². The maximum absolute atomic E-state index is 12.0. The van der Waals surface area contributed by atoms with Crippen LogP contribution in [0.2, 0.25) is 0 Å². The number of hydrogen-bond donors (Lipinski definition) is 2. The molecule has 0 fully saturated rings. The lowest BCUT2D eigenvalue weighted by Crippen LogP contribution is -2.34. The van der Waals surface area contributed by atoms with Crippen molar-refractivity contribution in [2.45, 2.75) is 25.3 Å². The van der Waals surface area contributed by atoms with Crippen LogP contribution in [0, 0.1) is 10.1 Å². The zero-order valence-corrected chi connectivity index (χ0v) is 14.6. The standard InChI is InChI=1S/C18H21N3O3.ClH/c19-17(15-7-2-1-3-8-15)18(22)20-13-5-4-6-14-9-11-16(12-10-14)21(23)24;/h1-3,7-12,17H,4-6,13,19H2,(H,20,22);1H. The number of carbonyl (C=O) groups excluding carboxylic acids is 1. The summed E-state index contributed by atoms with van der Waals surface area (Å²) < 4.78 is 0. The molecule has 0 saturated heterocycles. The van der Waals surface area contributed by atoms with Crippen molar-refractivity contribution in [3.05, 3.63) is 75.8 Å². The van der Waals surface area contributed by atoms with Gasteiger partial charge in [-0.25, -0.2) is 0 Å². The minimum atomic E-state index is -0.652. The number of aryl methyl sites for hydroxylation is 1. The predicted octanol–water partition coefficient (Wildman–Crippen LogP) is 3.16. The lowest BCUT2D eigenvalue weighted by molar-refractivity contribution is -0.384. The highest BCUT2D eigenvalue weighted by molar-refractivity contribution is 5.85. The molecule has 25 heavy (non-hydrogen) atoms.